The Kier molecular flexibility index (Phi) is 4.16. The van der Waals surface area contributed by atoms with Gasteiger partial charge in [0.25, 0.3) is 0 Å². The predicted octanol–water partition coefficient (Wildman–Crippen LogP) is 5.18. The molecule has 29 heavy (non-hydrogen) atoms. The Hall–Kier alpha value is -2.49. The maximum absolute atomic E-state index is 11.8. The smallest absolute Gasteiger partial charge is 0.433 e. The van der Waals surface area contributed by atoms with Gasteiger partial charge in [0.1, 0.15) is 5.75 Å². The van der Waals surface area contributed by atoms with Crippen LogP contribution in [-0.4, -0.2) is 19.6 Å². The molecule has 0 aliphatic heterocycles. The monoisotopic (exact) mass is 462 g/mol. The van der Waals surface area contributed by atoms with Gasteiger partial charge in [-0.05, 0) is 85.5 Å². The highest BCUT2D eigenvalue weighted by atomic mass is 79.9. The fourth-order valence-electron chi connectivity index (χ4n) is 6.02. The lowest BCUT2D eigenvalue weighted by Gasteiger charge is -2.55. The molecule has 1 aromatic heterocycles. The fraction of sp³-hybridized carbons (Fsp3) is 0.526. The van der Waals surface area contributed by atoms with Gasteiger partial charge in [0.15, 0.2) is 0 Å². The normalized spacial score (nSPS) is 29.8. The number of nitrogens with zero attached hydrogens (tertiary/aromatic N) is 4. The van der Waals surface area contributed by atoms with E-state index >= 15 is 0 Å². The quantitative estimate of drug-likeness (QED) is 0.446. The molecule has 4 bridgehead atoms. The average Bonchev–Trinajstić information content (AvgIpc) is 3.03. The summed E-state index contributed by atoms with van der Waals surface area (Å²) in [5, 5.41) is 27.5. The van der Waals surface area contributed by atoms with Gasteiger partial charge in [-0.25, -0.2) is 0 Å². The second-order valence-electron chi connectivity index (χ2n) is 8.60. The summed E-state index contributed by atoms with van der Waals surface area (Å²) in [6, 6.07) is 6.83. The third-order valence-electron chi connectivity index (χ3n) is 6.64. The Morgan fingerprint density at radius 1 is 1.00 bits per heavy atom. The third kappa shape index (κ3) is 3.00. The van der Waals surface area contributed by atoms with Crippen LogP contribution < -0.4 is 4.74 Å². The van der Waals surface area contributed by atoms with Crippen molar-refractivity contribution in [1.82, 2.24) is 9.78 Å². The summed E-state index contributed by atoms with van der Waals surface area (Å²) in [6.45, 7) is 0. The second-order valence-corrected chi connectivity index (χ2v) is 9.52. The van der Waals surface area contributed by atoms with Gasteiger partial charge in [0.2, 0.25) is 0 Å². The number of aromatic nitrogens is 2. The Morgan fingerprint density at radius 2 is 1.55 bits per heavy atom. The number of hydrogen-bond donors (Lipinski definition) is 0. The zero-order chi connectivity index (χ0) is 20.3. The molecule has 0 radical (unpaired) electrons. The molecule has 0 saturated heterocycles. The van der Waals surface area contributed by atoms with E-state index in [4.69, 9.17) is 4.74 Å². The lowest BCUT2D eigenvalue weighted by Crippen LogP contribution is -2.52. The van der Waals surface area contributed by atoms with Crippen molar-refractivity contribution in [2.45, 2.75) is 44.1 Å². The number of nitro groups is 2. The number of hydrogen-bond acceptors (Lipinski definition) is 6. The minimum absolute atomic E-state index is 0.133. The van der Waals surface area contributed by atoms with Gasteiger partial charge in [-0.3, -0.25) is 10.1 Å². The highest BCUT2D eigenvalue weighted by Crippen LogP contribution is 2.60. The summed E-state index contributed by atoms with van der Waals surface area (Å²) < 4.78 is 8.24. The standard InChI is InChI=1S/C19H19BrN4O5/c20-14-1-3-15(4-2-14)29-18-16(23(25)26)17(24(27)28)21-22(18)19-8-11-5-12(9-19)7-13(6-11)10-19/h1-4,11-13H,5-10H2. The molecule has 0 amide bonds. The molecule has 4 fully saturated rings. The van der Waals surface area contributed by atoms with Gasteiger partial charge in [0.05, 0.1) is 15.6 Å². The van der Waals surface area contributed by atoms with E-state index in [1.54, 1.807) is 24.3 Å². The minimum Gasteiger partial charge on any atom is -0.433 e. The van der Waals surface area contributed by atoms with E-state index in [2.05, 4.69) is 21.0 Å². The SMILES string of the molecule is O=[N+]([O-])c1nn(C23CC4CC(CC(C4)C2)C3)c(Oc2ccc(Br)cc2)c1[N+](=O)[O-]. The molecular formula is C19H19BrN4O5. The van der Waals surface area contributed by atoms with Crippen LogP contribution in [0.25, 0.3) is 0 Å². The lowest BCUT2D eigenvalue weighted by molar-refractivity contribution is -0.425. The van der Waals surface area contributed by atoms with Crippen LogP contribution in [0.3, 0.4) is 0 Å². The molecule has 1 heterocycles. The van der Waals surface area contributed by atoms with E-state index in [0.29, 0.717) is 23.5 Å². The zero-order valence-electron chi connectivity index (χ0n) is 15.5. The summed E-state index contributed by atoms with van der Waals surface area (Å²) in [6.07, 6.45) is 6.04. The fourth-order valence-corrected chi connectivity index (χ4v) is 6.28. The summed E-state index contributed by atoms with van der Waals surface area (Å²) in [7, 11) is 0. The molecule has 0 N–H and O–H groups in total. The number of benzene rings is 1. The van der Waals surface area contributed by atoms with Gasteiger partial charge in [-0.1, -0.05) is 15.9 Å². The van der Waals surface area contributed by atoms with E-state index < -0.39 is 26.9 Å². The average molecular weight is 463 g/mol. The van der Waals surface area contributed by atoms with E-state index in [-0.39, 0.29) is 5.88 Å². The van der Waals surface area contributed by atoms with Crippen LogP contribution in [0.2, 0.25) is 0 Å². The van der Waals surface area contributed by atoms with Crippen molar-refractivity contribution in [2.24, 2.45) is 17.8 Å². The summed E-state index contributed by atoms with van der Waals surface area (Å²) >= 11 is 3.34. The Balaban J connectivity index is 1.66. The van der Waals surface area contributed by atoms with Gasteiger partial charge < -0.3 is 14.9 Å². The largest absolute Gasteiger partial charge is 0.472 e. The van der Waals surface area contributed by atoms with Crippen LogP contribution in [0.5, 0.6) is 11.6 Å². The van der Waals surface area contributed by atoms with Gasteiger partial charge in [-0.15, -0.1) is 4.68 Å². The van der Waals surface area contributed by atoms with Gasteiger partial charge >= 0.3 is 17.4 Å². The third-order valence-corrected chi connectivity index (χ3v) is 7.17. The second kappa shape index (κ2) is 6.51. The summed E-state index contributed by atoms with van der Waals surface area (Å²) in [4.78, 5) is 21.8. The first-order valence-electron chi connectivity index (χ1n) is 9.70. The van der Waals surface area contributed by atoms with Crippen LogP contribution in [0.4, 0.5) is 11.5 Å². The molecule has 0 spiro atoms. The molecule has 4 aliphatic carbocycles. The first-order valence-corrected chi connectivity index (χ1v) is 10.5. The first-order chi connectivity index (χ1) is 13.8. The van der Waals surface area contributed by atoms with Crippen LogP contribution in [0.15, 0.2) is 28.7 Å². The van der Waals surface area contributed by atoms with Gasteiger partial charge in [0, 0.05) is 4.47 Å². The van der Waals surface area contributed by atoms with Crippen molar-refractivity contribution in [2.75, 3.05) is 0 Å². The van der Waals surface area contributed by atoms with Crippen molar-refractivity contribution < 1.29 is 14.6 Å². The molecule has 0 atom stereocenters. The molecule has 4 aliphatic rings. The summed E-state index contributed by atoms with van der Waals surface area (Å²) in [5.74, 6) is 1.12. The van der Waals surface area contributed by atoms with Crippen LogP contribution in [0.1, 0.15) is 38.5 Å². The number of ether oxygens (including phenoxy) is 1. The molecule has 4 saturated carbocycles. The Morgan fingerprint density at radius 3 is 2.03 bits per heavy atom. The van der Waals surface area contributed by atoms with Crippen molar-refractivity contribution in [1.29, 1.82) is 0 Å². The maximum atomic E-state index is 11.8. The molecule has 152 valence electrons. The lowest BCUT2D eigenvalue weighted by atomic mass is 9.53. The highest BCUT2D eigenvalue weighted by molar-refractivity contribution is 9.10. The molecule has 2 aromatic rings. The van der Waals surface area contributed by atoms with E-state index in [1.807, 2.05) is 0 Å². The molecule has 6 rings (SSSR count). The van der Waals surface area contributed by atoms with Crippen LogP contribution >= 0.6 is 15.9 Å². The summed E-state index contributed by atoms with van der Waals surface area (Å²) in [5.41, 5.74) is -1.12. The predicted molar refractivity (Wildman–Crippen MR) is 106 cm³/mol. The zero-order valence-corrected chi connectivity index (χ0v) is 17.1. The number of rotatable bonds is 5. The van der Waals surface area contributed by atoms with E-state index in [0.717, 1.165) is 23.7 Å². The molecule has 9 nitrogen and oxygen atoms in total. The van der Waals surface area contributed by atoms with Crippen molar-refractivity contribution >= 4 is 27.4 Å². The van der Waals surface area contributed by atoms with Crippen molar-refractivity contribution in [3.63, 3.8) is 0 Å². The highest BCUT2D eigenvalue weighted by Gasteiger charge is 2.57. The maximum Gasteiger partial charge on any atom is 0.472 e. The van der Waals surface area contributed by atoms with E-state index in [9.17, 15) is 20.2 Å². The Labute approximate surface area is 174 Å². The van der Waals surface area contributed by atoms with Crippen LogP contribution in [-0.2, 0) is 5.54 Å². The molecular weight excluding hydrogens is 444 g/mol. The van der Waals surface area contributed by atoms with Gasteiger partial charge in [-0.2, -0.15) is 0 Å². The van der Waals surface area contributed by atoms with Crippen LogP contribution in [0, 0.1) is 38.0 Å². The molecule has 10 heteroatoms. The van der Waals surface area contributed by atoms with Crippen molar-refractivity contribution in [3.8, 4) is 11.6 Å². The number of halogens is 1. The topological polar surface area (TPSA) is 113 Å². The van der Waals surface area contributed by atoms with Crippen molar-refractivity contribution in [3.05, 3.63) is 49.0 Å². The Bertz CT molecular complexity index is 967. The minimum atomic E-state index is -0.788. The molecule has 0 unspecified atom stereocenters. The first kappa shape index (κ1) is 18.5. The van der Waals surface area contributed by atoms with E-state index in [1.165, 1.54) is 23.9 Å². The molecule has 1 aromatic carbocycles.